The Bertz CT molecular complexity index is 246. The number of piperazine rings is 1. The molecule has 2 unspecified atom stereocenters. The van der Waals surface area contributed by atoms with Crippen LogP contribution in [0.2, 0.25) is 0 Å². The number of hydrazine groups is 2. The van der Waals surface area contributed by atoms with E-state index in [2.05, 4.69) is 0 Å². The highest BCUT2D eigenvalue weighted by atomic mass is 16.7. The van der Waals surface area contributed by atoms with Crippen LogP contribution in [-0.2, 0) is 0 Å². The highest BCUT2D eigenvalue weighted by molar-refractivity contribution is 4.76. The Morgan fingerprint density at radius 3 is 1.79 bits per heavy atom. The first-order valence-electron chi connectivity index (χ1n) is 4.25. The Morgan fingerprint density at radius 2 is 1.50 bits per heavy atom. The first-order chi connectivity index (χ1) is 6.43. The molecular weight excluding hydrogens is 192 g/mol. The van der Waals surface area contributed by atoms with Crippen molar-refractivity contribution >= 4 is 0 Å². The topological polar surface area (TPSA) is 92.8 Å². The monoisotopic (exact) mass is 204 g/mol. The van der Waals surface area contributed by atoms with Crippen molar-refractivity contribution < 1.29 is 10.1 Å². The average Bonchev–Trinajstić information content (AvgIpc) is 2.01. The largest absolute Gasteiger partial charge is 0.235 e. The molecule has 0 bridgehead atoms. The predicted octanol–water partition coefficient (Wildman–Crippen LogP) is -0.236. The summed E-state index contributed by atoms with van der Waals surface area (Å²) in [4.78, 5) is 21.1. The summed E-state index contributed by atoms with van der Waals surface area (Å²) in [6.07, 6.45) is 0. The molecule has 0 saturated carbocycles. The first kappa shape index (κ1) is 10.5. The number of hydrogen-bond acceptors (Lipinski definition) is 4. The number of nitro groups is 2. The van der Waals surface area contributed by atoms with E-state index in [4.69, 9.17) is 0 Å². The molecule has 8 nitrogen and oxygen atoms in total. The van der Waals surface area contributed by atoms with Crippen molar-refractivity contribution in [3.05, 3.63) is 20.2 Å². The maximum Gasteiger partial charge on any atom is 0.160 e. The van der Waals surface area contributed by atoms with Crippen LogP contribution in [0, 0.1) is 20.2 Å². The van der Waals surface area contributed by atoms with Gasteiger partial charge >= 0.3 is 0 Å². The molecule has 1 aliphatic rings. The van der Waals surface area contributed by atoms with Crippen LogP contribution in [0.3, 0.4) is 0 Å². The summed E-state index contributed by atoms with van der Waals surface area (Å²) < 4.78 is 0. The van der Waals surface area contributed by atoms with Crippen LogP contribution in [0.15, 0.2) is 0 Å². The predicted molar refractivity (Wildman–Crippen MR) is 46.3 cm³/mol. The fourth-order valence-corrected chi connectivity index (χ4v) is 1.74. The molecule has 8 heteroatoms. The van der Waals surface area contributed by atoms with E-state index in [-0.39, 0.29) is 13.1 Å². The van der Waals surface area contributed by atoms with Crippen LogP contribution in [0.25, 0.3) is 0 Å². The van der Waals surface area contributed by atoms with Crippen molar-refractivity contribution in [3.63, 3.8) is 0 Å². The highest BCUT2D eigenvalue weighted by Gasteiger charge is 2.39. The van der Waals surface area contributed by atoms with E-state index in [1.165, 1.54) is 0 Å². The van der Waals surface area contributed by atoms with Gasteiger partial charge in [0.25, 0.3) is 0 Å². The van der Waals surface area contributed by atoms with Gasteiger partial charge in [0, 0.05) is 0 Å². The van der Waals surface area contributed by atoms with E-state index in [9.17, 15) is 20.2 Å². The van der Waals surface area contributed by atoms with Crippen molar-refractivity contribution in [2.45, 2.75) is 25.9 Å². The van der Waals surface area contributed by atoms with Gasteiger partial charge in [0.05, 0.1) is 0 Å². The van der Waals surface area contributed by atoms with E-state index in [0.717, 1.165) is 10.0 Å². The molecule has 1 heterocycles. The van der Waals surface area contributed by atoms with E-state index in [1.54, 1.807) is 13.8 Å². The molecule has 0 N–H and O–H groups in total. The van der Waals surface area contributed by atoms with Crippen molar-refractivity contribution in [1.29, 1.82) is 0 Å². The van der Waals surface area contributed by atoms with Crippen molar-refractivity contribution in [3.8, 4) is 0 Å². The minimum Gasteiger partial charge on any atom is -0.235 e. The second-order valence-corrected chi connectivity index (χ2v) is 3.43. The van der Waals surface area contributed by atoms with Gasteiger partial charge in [0.1, 0.15) is 25.2 Å². The maximum atomic E-state index is 10.6. The summed E-state index contributed by atoms with van der Waals surface area (Å²) in [6.45, 7) is 3.38. The lowest BCUT2D eigenvalue weighted by Gasteiger charge is -2.34. The Labute approximate surface area is 80.3 Å². The third kappa shape index (κ3) is 1.83. The summed E-state index contributed by atoms with van der Waals surface area (Å²) in [5.74, 6) is 0. The fourth-order valence-electron chi connectivity index (χ4n) is 1.74. The Hall–Kier alpha value is -1.60. The van der Waals surface area contributed by atoms with Gasteiger partial charge in [0.15, 0.2) is 10.1 Å². The maximum absolute atomic E-state index is 10.6. The quantitative estimate of drug-likeness (QED) is 0.455. The molecule has 0 radical (unpaired) electrons. The van der Waals surface area contributed by atoms with Gasteiger partial charge in [-0.3, -0.25) is 0 Å². The zero-order valence-electron chi connectivity index (χ0n) is 7.99. The van der Waals surface area contributed by atoms with Gasteiger partial charge in [-0.1, -0.05) is 0 Å². The molecular formula is C6H12N4O4. The fraction of sp³-hybridized carbons (Fsp3) is 1.00. The van der Waals surface area contributed by atoms with Crippen LogP contribution >= 0.6 is 0 Å². The third-order valence-electron chi connectivity index (χ3n) is 2.27. The van der Waals surface area contributed by atoms with E-state index >= 15 is 0 Å². The first-order valence-corrected chi connectivity index (χ1v) is 4.25. The van der Waals surface area contributed by atoms with Gasteiger partial charge < -0.3 is 0 Å². The number of nitrogens with zero attached hydrogens (tertiary/aromatic N) is 4. The van der Waals surface area contributed by atoms with Crippen LogP contribution in [0.1, 0.15) is 13.8 Å². The second-order valence-electron chi connectivity index (χ2n) is 3.43. The molecule has 1 aliphatic heterocycles. The highest BCUT2D eigenvalue weighted by Crippen LogP contribution is 2.14. The van der Waals surface area contributed by atoms with E-state index < -0.39 is 22.1 Å². The molecule has 0 spiro atoms. The van der Waals surface area contributed by atoms with Gasteiger partial charge in [-0.2, -0.15) is 0 Å². The number of hydrogen-bond donors (Lipinski definition) is 0. The number of rotatable bonds is 2. The molecule has 0 aliphatic carbocycles. The molecule has 0 amide bonds. The lowest BCUT2D eigenvalue weighted by Crippen LogP contribution is -2.59. The van der Waals surface area contributed by atoms with Gasteiger partial charge in [-0.25, -0.2) is 20.2 Å². The van der Waals surface area contributed by atoms with Gasteiger partial charge in [0.2, 0.25) is 0 Å². The molecule has 0 aromatic heterocycles. The zero-order valence-corrected chi connectivity index (χ0v) is 7.99. The summed E-state index contributed by atoms with van der Waals surface area (Å²) in [5, 5.41) is 22.1. The lowest BCUT2D eigenvalue weighted by atomic mass is 10.1. The standard InChI is InChI=1S/C6H12N4O4/c1-5-3-7(9(11)12)4-6(2)8(5)10(13)14/h5-6H,3-4H2,1-2H3. The molecule has 1 rings (SSSR count). The smallest absolute Gasteiger partial charge is 0.160 e. The summed E-state index contributed by atoms with van der Waals surface area (Å²) in [6, 6.07) is -0.890. The normalized spacial score (nSPS) is 27.6. The Balaban J connectivity index is 2.72. The van der Waals surface area contributed by atoms with Crippen LogP contribution < -0.4 is 0 Å². The lowest BCUT2D eigenvalue weighted by molar-refractivity contribution is -0.706. The van der Waals surface area contributed by atoms with Gasteiger partial charge in [-0.05, 0) is 13.8 Å². The minimum atomic E-state index is -0.510. The van der Waals surface area contributed by atoms with Crippen LogP contribution in [-0.4, -0.2) is 45.3 Å². The molecule has 2 atom stereocenters. The SMILES string of the molecule is CC1CN([N+](=O)[O-])CC(C)N1[N+](=O)[O-]. The average molecular weight is 204 g/mol. The minimum absolute atomic E-state index is 0.0817. The zero-order chi connectivity index (χ0) is 10.9. The summed E-state index contributed by atoms with van der Waals surface area (Å²) >= 11 is 0. The van der Waals surface area contributed by atoms with E-state index in [1.807, 2.05) is 0 Å². The van der Waals surface area contributed by atoms with Crippen molar-refractivity contribution in [2.75, 3.05) is 13.1 Å². The van der Waals surface area contributed by atoms with Crippen molar-refractivity contribution in [1.82, 2.24) is 10.0 Å². The molecule has 1 saturated heterocycles. The second kappa shape index (κ2) is 3.64. The van der Waals surface area contributed by atoms with Crippen LogP contribution in [0.4, 0.5) is 0 Å². The van der Waals surface area contributed by atoms with Gasteiger partial charge in [-0.15, -0.1) is 10.0 Å². The summed E-state index contributed by atoms with van der Waals surface area (Å²) in [5.41, 5.74) is 0. The molecule has 0 aromatic rings. The van der Waals surface area contributed by atoms with E-state index in [0.29, 0.717) is 0 Å². The molecule has 80 valence electrons. The molecule has 1 fully saturated rings. The third-order valence-corrected chi connectivity index (χ3v) is 2.27. The van der Waals surface area contributed by atoms with Crippen molar-refractivity contribution in [2.24, 2.45) is 0 Å². The Kier molecular flexibility index (Phi) is 2.73. The molecule has 14 heavy (non-hydrogen) atoms. The molecule has 0 aromatic carbocycles. The summed E-state index contributed by atoms with van der Waals surface area (Å²) in [7, 11) is 0. The Morgan fingerprint density at radius 1 is 1.07 bits per heavy atom. The van der Waals surface area contributed by atoms with Crippen LogP contribution in [0.5, 0.6) is 0 Å².